The number of H-pyrrole nitrogens is 1. The normalized spacial score (nSPS) is 18.1. The summed E-state index contributed by atoms with van der Waals surface area (Å²) in [4.78, 5) is 21.1. The van der Waals surface area contributed by atoms with Crippen LogP contribution in [0.3, 0.4) is 0 Å². The molecule has 1 amide bonds. The standard InChI is InChI=1S/C25H23ClN4O4/c26-20-11-21-24(19(12-27)25(28-21)34-18-7-10-33-14-18)29-23(20)17-3-1-15(2-4-17)16-5-8-30(9-6-16)22(32)13-31/h1-5,11,18,28,31H,6-10,13-14H2. The van der Waals surface area contributed by atoms with Crippen LogP contribution in [-0.4, -0.2) is 64.9 Å². The number of nitrogens with zero attached hydrogens (tertiary/aromatic N) is 3. The first-order valence-electron chi connectivity index (χ1n) is 11.1. The number of rotatable bonds is 5. The molecule has 9 heteroatoms. The van der Waals surface area contributed by atoms with Gasteiger partial charge in [0.15, 0.2) is 0 Å². The van der Waals surface area contributed by atoms with Crippen molar-refractivity contribution in [3.63, 3.8) is 0 Å². The van der Waals surface area contributed by atoms with E-state index in [0.29, 0.717) is 59.5 Å². The number of aromatic amines is 1. The second-order valence-corrected chi connectivity index (χ2v) is 8.72. The summed E-state index contributed by atoms with van der Waals surface area (Å²) < 4.78 is 11.3. The van der Waals surface area contributed by atoms with Gasteiger partial charge in [0.05, 0.1) is 29.4 Å². The highest BCUT2D eigenvalue weighted by Gasteiger charge is 2.23. The molecule has 174 valence electrons. The molecular formula is C25H23ClN4O4. The minimum atomic E-state index is -0.465. The van der Waals surface area contributed by atoms with Crippen molar-refractivity contribution in [3.05, 3.63) is 52.6 Å². The molecule has 8 nitrogen and oxygen atoms in total. The summed E-state index contributed by atoms with van der Waals surface area (Å²) in [5.74, 6) is 0.135. The number of aliphatic hydroxyl groups excluding tert-OH is 1. The molecule has 34 heavy (non-hydrogen) atoms. The molecule has 0 radical (unpaired) electrons. The fourth-order valence-corrected chi connectivity index (χ4v) is 4.59. The highest BCUT2D eigenvalue weighted by molar-refractivity contribution is 6.33. The number of aromatic nitrogens is 2. The minimum Gasteiger partial charge on any atom is -0.472 e. The van der Waals surface area contributed by atoms with Gasteiger partial charge >= 0.3 is 0 Å². The van der Waals surface area contributed by atoms with Gasteiger partial charge in [-0.2, -0.15) is 5.26 Å². The van der Waals surface area contributed by atoms with Gasteiger partial charge < -0.3 is 24.5 Å². The molecule has 4 heterocycles. The van der Waals surface area contributed by atoms with Crippen molar-refractivity contribution in [1.82, 2.24) is 14.9 Å². The van der Waals surface area contributed by atoms with Gasteiger partial charge in [0.2, 0.25) is 11.8 Å². The van der Waals surface area contributed by atoms with Crippen LogP contribution < -0.4 is 4.74 Å². The number of benzene rings is 1. The molecule has 2 N–H and O–H groups in total. The number of carbonyl (C=O) groups is 1. The third kappa shape index (κ3) is 4.26. The Balaban J connectivity index is 1.41. The van der Waals surface area contributed by atoms with Crippen molar-refractivity contribution < 1.29 is 19.4 Å². The van der Waals surface area contributed by atoms with E-state index in [1.54, 1.807) is 11.0 Å². The maximum absolute atomic E-state index is 11.7. The van der Waals surface area contributed by atoms with Crippen LogP contribution in [-0.2, 0) is 9.53 Å². The van der Waals surface area contributed by atoms with Crippen molar-refractivity contribution in [2.24, 2.45) is 0 Å². The predicted octanol–water partition coefficient (Wildman–Crippen LogP) is 3.53. The van der Waals surface area contributed by atoms with E-state index in [0.717, 1.165) is 29.5 Å². The van der Waals surface area contributed by atoms with Crippen molar-refractivity contribution in [1.29, 1.82) is 5.26 Å². The maximum atomic E-state index is 11.7. The van der Waals surface area contributed by atoms with E-state index < -0.39 is 6.61 Å². The molecular weight excluding hydrogens is 456 g/mol. The summed E-state index contributed by atoms with van der Waals surface area (Å²) in [6.45, 7) is 1.75. The number of amides is 1. The Bertz CT molecular complexity index is 1300. The number of nitriles is 1. The zero-order valence-corrected chi connectivity index (χ0v) is 19.1. The van der Waals surface area contributed by atoms with E-state index in [1.807, 2.05) is 30.3 Å². The van der Waals surface area contributed by atoms with Crippen LogP contribution >= 0.6 is 11.6 Å². The SMILES string of the molecule is N#Cc1c(OC2CCOC2)[nH]c2cc(Cl)c(-c3ccc(C4=CCN(C(=O)CO)CC4)cc3)nc12. The Hall–Kier alpha value is -3.38. The average molecular weight is 479 g/mol. The van der Waals surface area contributed by atoms with Crippen LogP contribution in [0.1, 0.15) is 24.0 Å². The molecule has 0 aliphatic carbocycles. The summed E-state index contributed by atoms with van der Waals surface area (Å²) >= 11 is 6.57. The number of hydrogen-bond donors (Lipinski definition) is 2. The fraction of sp³-hybridized carbons (Fsp3) is 0.320. The van der Waals surface area contributed by atoms with Gasteiger partial charge in [-0.05, 0) is 23.6 Å². The second-order valence-electron chi connectivity index (χ2n) is 8.31. The van der Waals surface area contributed by atoms with Crippen LogP contribution in [0, 0.1) is 11.3 Å². The topological polar surface area (TPSA) is 111 Å². The van der Waals surface area contributed by atoms with E-state index in [1.165, 1.54) is 0 Å². The van der Waals surface area contributed by atoms with E-state index in [4.69, 9.17) is 31.2 Å². The zero-order valence-electron chi connectivity index (χ0n) is 18.4. The lowest BCUT2D eigenvalue weighted by molar-refractivity contribution is -0.133. The number of nitrogens with one attached hydrogen (secondary N) is 1. The molecule has 0 bridgehead atoms. The van der Waals surface area contributed by atoms with Crippen molar-refractivity contribution in [2.75, 3.05) is 32.9 Å². The van der Waals surface area contributed by atoms with Gasteiger partial charge in [0.25, 0.3) is 0 Å². The molecule has 2 aliphatic rings. The van der Waals surface area contributed by atoms with E-state index >= 15 is 0 Å². The highest BCUT2D eigenvalue weighted by atomic mass is 35.5. The number of ether oxygens (including phenoxy) is 2. The monoisotopic (exact) mass is 478 g/mol. The number of halogens is 1. The Kier molecular flexibility index (Phi) is 6.24. The molecule has 0 spiro atoms. The van der Waals surface area contributed by atoms with Crippen LogP contribution in [0.15, 0.2) is 36.4 Å². The van der Waals surface area contributed by atoms with Crippen molar-refractivity contribution in [2.45, 2.75) is 18.9 Å². The summed E-state index contributed by atoms with van der Waals surface area (Å²) in [5.41, 5.74) is 5.15. The van der Waals surface area contributed by atoms with Gasteiger partial charge in [-0.1, -0.05) is 41.9 Å². The third-order valence-electron chi connectivity index (χ3n) is 6.20. The molecule has 1 fully saturated rings. The molecule has 3 aromatic rings. The first-order chi connectivity index (χ1) is 16.6. The number of fused-ring (bicyclic) bond motifs is 1. The summed E-state index contributed by atoms with van der Waals surface area (Å²) in [5, 5.41) is 19.3. The lowest BCUT2D eigenvalue weighted by atomic mass is 9.97. The fourth-order valence-electron chi connectivity index (χ4n) is 4.33. The smallest absolute Gasteiger partial charge is 0.248 e. The van der Waals surface area contributed by atoms with Gasteiger partial charge in [0.1, 0.15) is 29.9 Å². The summed E-state index contributed by atoms with van der Waals surface area (Å²) in [6, 6.07) is 11.9. The molecule has 2 aliphatic heterocycles. The zero-order chi connectivity index (χ0) is 23.7. The molecule has 2 aromatic heterocycles. The Morgan fingerprint density at radius 2 is 2.15 bits per heavy atom. The average Bonchev–Trinajstić information content (AvgIpc) is 3.50. The molecule has 1 saturated heterocycles. The quantitative estimate of drug-likeness (QED) is 0.580. The van der Waals surface area contributed by atoms with E-state index in [9.17, 15) is 10.1 Å². The Morgan fingerprint density at radius 1 is 1.35 bits per heavy atom. The van der Waals surface area contributed by atoms with Crippen LogP contribution in [0.2, 0.25) is 5.02 Å². The molecule has 1 atom stereocenters. The lowest BCUT2D eigenvalue weighted by Crippen LogP contribution is -2.36. The van der Waals surface area contributed by atoms with Crippen molar-refractivity contribution >= 4 is 34.1 Å². The maximum Gasteiger partial charge on any atom is 0.248 e. The van der Waals surface area contributed by atoms with E-state index in [-0.39, 0.29) is 12.0 Å². The molecule has 1 unspecified atom stereocenters. The summed E-state index contributed by atoms with van der Waals surface area (Å²) in [6.07, 6.45) is 3.42. The number of hydrogen-bond acceptors (Lipinski definition) is 6. The van der Waals surface area contributed by atoms with Gasteiger partial charge in [-0.15, -0.1) is 0 Å². The van der Waals surface area contributed by atoms with Crippen LogP contribution in [0.4, 0.5) is 0 Å². The van der Waals surface area contributed by atoms with Gasteiger partial charge in [-0.3, -0.25) is 4.79 Å². The Labute approximate surface area is 201 Å². The van der Waals surface area contributed by atoms with Gasteiger partial charge in [0, 0.05) is 25.1 Å². The second kappa shape index (κ2) is 9.47. The van der Waals surface area contributed by atoms with Crippen LogP contribution in [0.5, 0.6) is 5.88 Å². The predicted molar refractivity (Wildman–Crippen MR) is 127 cm³/mol. The first-order valence-corrected chi connectivity index (χ1v) is 11.5. The summed E-state index contributed by atoms with van der Waals surface area (Å²) in [7, 11) is 0. The third-order valence-corrected chi connectivity index (χ3v) is 6.49. The molecule has 0 saturated carbocycles. The number of carbonyl (C=O) groups excluding carboxylic acids is 1. The van der Waals surface area contributed by atoms with Crippen molar-refractivity contribution in [3.8, 4) is 23.2 Å². The van der Waals surface area contributed by atoms with E-state index in [2.05, 4.69) is 11.1 Å². The van der Waals surface area contributed by atoms with Gasteiger partial charge in [-0.25, -0.2) is 4.98 Å². The lowest BCUT2D eigenvalue weighted by Gasteiger charge is -2.26. The largest absolute Gasteiger partial charge is 0.472 e. The highest BCUT2D eigenvalue weighted by Crippen LogP contribution is 2.35. The number of pyridine rings is 1. The Morgan fingerprint density at radius 3 is 2.79 bits per heavy atom. The molecule has 1 aromatic carbocycles. The molecule has 5 rings (SSSR count). The minimum absolute atomic E-state index is 0.0921. The van der Waals surface area contributed by atoms with Crippen LogP contribution in [0.25, 0.3) is 27.9 Å². The number of aliphatic hydroxyl groups is 1. The first kappa shape index (κ1) is 22.4.